The Labute approximate surface area is 217 Å². The number of hydrogen-bond acceptors (Lipinski definition) is 6. The van der Waals surface area contributed by atoms with Gasteiger partial charge < -0.3 is 14.7 Å². The van der Waals surface area contributed by atoms with E-state index in [2.05, 4.69) is 84.1 Å². The molecule has 2 fully saturated rings. The lowest BCUT2D eigenvalue weighted by atomic mass is 9.87. The molecule has 0 bridgehead atoms. The van der Waals surface area contributed by atoms with Gasteiger partial charge in [0.1, 0.15) is 0 Å². The smallest absolute Gasteiger partial charge is 0.241 e. The Hall–Kier alpha value is -2.25. The van der Waals surface area contributed by atoms with Crippen LogP contribution in [-0.2, 0) is 16.8 Å². The van der Waals surface area contributed by atoms with Gasteiger partial charge >= 0.3 is 0 Å². The number of nitrogens with zero attached hydrogens (tertiary/aromatic N) is 4. The van der Waals surface area contributed by atoms with Crippen molar-refractivity contribution < 1.29 is 9.32 Å². The first-order valence-electron chi connectivity index (χ1n) is 13.8. The van der Waals surface area contributed by atoms with E-state index < -0.39 is 0 Å². The molecule has 2 saturated heterocycles. The molecule has 1 N–H and O–H groups in total. The van der Waals surface area contributed by atoms with Crippen LogP contribution in [0.4, 0.5) is 0 Å². The number of carbonyl (C=O) groups excluding carboxylic acids is 1. The van der Waals surface area contributed by atoms with E-state index in [-0.39, 0.29) is 17.2 Å². The molecule has 0 radical (unpaired) electrons. The third-order valence-corrected chi connectivity index (χ3v) is 7.61. The number of benzene rings is 1. The molecule has 2 aromatic rings. The van der Waals surface area contributed by atoms with Gasteiger partial charge in [-0.1, -0.05) is 64.0 Å². The molecule has 7 nitrogen and oxygen atoms in total. The Morgan fingerprint density at radius 3 is 2.50 bits per heavy atom. The van der Waals surface area contributed by atoms with Crippen molar-refractivity contribution in [3.63, 3.8) is 0 Å². The van der Waals surface area contributed by atoms with Gasteiger partial charge in [-0.2, -0.15) is 4.98 Å². The summed E-state index contributed by atoms with van der Waals surface area (Å²) in [7, 11) is 0. The van der Waals surface area contributed by atoms with Gasteiger partial charge in [-0.25, -0.2) is 0 Å². The van der Waals surface area contributed by atoms with Gasteiger partial charge in [0.05, 0.1) is 12.5 Å². The molecule has 4 rings (SSSR count). The quantitative estimate of drug-likeness (QED) is 0.534. The van der Waals surface area contributed by atoms with E-state index in [4.69, 9.17) is 4.52 Å². The van der Waals surface area contributed by atoms with Crippen molar-refractivity contribution in [1.29, 1.82) is 0 Å². The van der Waals surface area contributed by atoms with Gasteiger partial charge in [-0.3, -0.25) is 9.69 Å². The van der Waals surface area contributed by atoms with Crippen molar-refractivity contribution in [3.8, 4) is 11.4 Å². The summed E-state index contributed by atoms with van der Waals surface area (Å²) >= 11 is 0. The highest BCUT2D eigenvalue weighted by Gasteiger charge is 2.27. The molecule has 1 aromatic heterocycles. The van der Waals surface area contributed by atoms with Gasteiger partial charge in [0.25, 0.3) is 0 Å². The molecule has 3 atom stereocenters. The summed E-state index contributed by atoms with van der Waals surface area (Å²) in [5.74, 6) is 3.00. The van der Waals surface area contributed by atoms with Crippen LogP contribution in [0.15, 0.2) is 28.8 Å². The molecule has 0 aliphatic carbocycles. The van der Waals surface area contributed by atoms with Crippen LogP contribution in [0.5, 0.6) is 0 Å². The van der Waals surface area contributed by atoms with Crippen LogP contribution in [0.1, 0.15) is 71.8 Å². The van der Waals surface area contributed by atoms with Crippen molar-refractivity contribution in [3.05, 3.63) is 35.7 Å². The van der Waals surface area contributed by atoms with Crippen LogP contribution in [0.25, 0.3) is 11.4 Å². The van der Waals surface area contributed by atoms with E-state index in [1.165, 1.54) is 25.1 Å². The van der Waals surface area contributed by atoms with Gasteiger partial charge in [0, 0.05) is 31.7 Å². The maximum Gasteiger partial charge on any atom is 0.241 e. The molecule has 7 heteroatoms. The molecular formula is C29H45N5O2. The highest BCUT2D eigenvalue weighted by atomic mass is 16.5. The summed E-state index contributed by atoms with van der Waals surface area (Å²) in [5, 5.41) is 7.40. The van der Waals surface area contributed by atoms with Crippen molar-refractivity contribution in [1.82, 2.24) is 25.3 Å². The molecule has 1 aromatic carbocycles. The van der Waals surface area contributed by atoms with Crippen LogP contribution in [0.3, 0.4) is 0 Å². The van der Waals surface area contributed by atoms with Gasteiger partial charge in [-0.05, 0) is 61.6 Å². The van der Waals surface area contributed by atoms with E-state index >= 15 is 0 Å². The number of piperidine rings is 2. The first-order valence-corrected chi connectivity index (χ1v) is 13.8. The number of rotatable bonds is 8. The minimum atomic E-state index is 0.0288. The normalized spacial score (nSPS) is 24.1. The Balaban J connectivity index is 1.21. The average Bonchev–Trinajstić information content (AvgIpc) is 3.29. The molecule has 3 unspecified atom stereocenters. The minimum Gasteiger partial charge on any atom is -0.356 e. The maximum atomic E-state index is 12.8. The molecule has 2 aliphatic rings. The Kier molecular flexibility index (Phi) is 8.83. The predicted molar refractivity (Wildman–Crippen MR) is 143 cm³/mol. The first kappa shape index (κ1) is 26.8. The molecule has 1 amide bonds. The number of amides is 1. The number of hydrogen-bond donors (Lipinski definition) is 1. The summed E-state index contributed by atoms with van der Waals surface area (Å²) < 4.78 is 5.56. The maximum absolute atomic E-state index is 12.8. The lowest BCUT2D eigenvalue weighted by molar-refractivity contribution is -0.126. The fraction of sp³-hybridized carbons (Fsp3) is 0.690. The SMILES string of the molecule is CC1CC(C)CN(CCCNC(=O)C2CCCN(Cc3nc(-c4ccc(C(C)(C)C)cc4)no3)C2)C1. The third-order valence-electron chi connectivity index (χ3n) is 7.61. The Morgan fingerprint density at radius 2 is 1.81 bits per heavy atom. The zero-order valence-corrected chi connectivity index (χ0v) is 22.9. The molecular weight excluding hydrogens is 450 g/mol. The summed E-state index contributed by atoms with van der Waals surface area (Å²) in [4.78, 5) is 22.3. The summed E-state index contributed by atoms with van der Waals surface area (Å²) in [5.41, 5.74) is 2.36. The summed E-state index contributed by atoms with van der Waals surface area (Å²) in [6.07, 6.45) is 4.31. The van der Waals surface area contributed by atoms with Gasteiger partial charge in [-0.15, -0.1) is 0 Å². The van der Waals surface area contributed by atoms with Gasteiger partial charge in [0.2, 0.25) is 17.6 Å². The lowest BCUT2D eigenvalue weighted by Gasteiger charge is -2.35. The minimum absolute atomic E-state index is 0.0288. The van der Waals surface area contributed by atoms with E-state index in [1.807, 2.05) is 0 Å². The standard InChI is InChI=1S/C29H45N5O2/c1-21-16-22(2)18-33(17-21)15-7-13-30-28(35)24-8-6-14-34(19-24)20-26-31-27(32-36-26)23-9-11-25(12-10-23)29(3,4)5/h9-12,21-22,24H,6-8,13-20H2,1-5H3,(H,30,35). The molecule has 2 aliphatic heterocycles. The van der Waals surface area contributed by atoms with Crippen LogP contribution >= 0.6 is 0 Å². The van der Waals surface area contributed by atoms with Crippen LogP contribution in [0, 0.1) is 17.8 Å². The third kappa shape index (κ3) is 7.39. The van der Waals surface area contributed by atoms with Crippen LogP contribution in [-0.4, -0.2) is 65.1 Å². The fourth-order valence-corrected chi connectivity index (χ4v) is 5.79. The van der Waals surface area contributed by atoms with E-state index in [0.717, 1.165) is 62.8 Å². The van der Waals surface area contributed by atoms with Gasteiger partial charge in [0.15, 0.2) is 0 Å². The Morgan fingerprint density at radius 1 is 1.08 bits per heavy atom. The fourth-order valence-electron chi connectivity index (χ4n) is 5.79. The van der Waals surface area contributed by atoms with Crippen molar-refractivity contribution >= 4 is 5.91 Å². The highest BCUT2D eigenvalue weighted by molar-refractivity contribution is 5.78. The highest BCUT2D eigenvalue weighted by Crippen LogP contribution is 2.26. The second-order valence-corrected chi connectivity index (χ2v) is 12.3. The second kappa shape index (κ2) is 11.9. The first-order chi connectivity index (χ1) is 17.2. The monoisotopic (exact) mass is 495 g/mol. The molecule has 198 valence electrons. The lowest BCUT2D eigenvalue weighted by Crippen LogP contribution is -2.43. The molecule has 0 saturated carbocycles. The predicted octanol–water partition coefficient (Wildman–Crippen LogP) is 4.73. The number of aromatic nitrogens is 2. The second-order valence-electron chi connectivity index (χ2n) is 12.3. The number of nitrogens with one attached hydrogen (secondary N) is 1. The number of likely N-dealkylation sites (tertiary alicyclic amines) is 2. The summed E-state index contributed by atoms with van der Waals surface area (Å²) in [6, 6.07) is 8.38. The Bertz CT molecular complexity index is 970. The molecule has 0 spiro atoms. The molecule has 36 heavy (non-hydrogen) atoms. The van der Waals surface area contributed by atoms with Crippen molar-refractivity contribution in [2.24, 2.45) is 17.8 Å². The van der Waals surface area contributed by atoms with Crippen molar-refractivity contribution in [2.75, 3.05) is 39.3 Å². The van der Waals surface area contributed by atoms with E-state index in [1.54, 1.807) is 0 Å². The topological polar surface area (TPSA) is 74.5 Å². The van der Waals surface area contributed by atoms with E-state index in [9.17, 15) is 4.79 Å². The van der Waals surface area contributed by atoms with Crippen LogP contribution < -0.4 is 5.32 Å². The van der Waals surface area contributed by atoms with Crippen LogP contribution in [0.2, 0.25) is 0 Å². The zero-order chi connectivity index (χ0) is 25.7. The average molecular weight is 496 g/mol. The largest absolute Gasteiger partial charge is 0.356 e. The summed E-state index contributed by atoms with van der Waals surface area (Å²) in [6.45, 7) is 17.8. The zero-order valence-electron chi connectivity index (χ0n) is 22.9. The molecule has 3 heterocycles. The number of carbonyl (C=O) groups is 1. The van der Waals surface area contributed by atoms with E-state index in [0.29, 0.717) is 18.3 Å². The van der Waals surface area contributed by atoms with Crippen molar-refractivity contribution in [2.45, 2.75) is 72.3 Å².